The molecule has 2 N–H and O–H groups in total. The Morgan fingerprint density at radius 1 is 1.08 bits per heavy atom. The van der Waals surface area contributed by atoms with E-state index < -0.39 is 10.2 Å². The monoisotopic (exact) mass is 205 g/mol. The summed E-state index contributed by atoms with van der Waals surface area (Å²) in [5.74, 6) is 0. The fraction of sp³-hybridized carbons (Fsp3) is 1.00. The molecule has 0 radical (unpaired) electrons. The molecule has 1 aliphatic heterocycles. The molecule has 0 aromatic carbocycles. The first-order valence-electron chi connectivity index (χ1n) is 4.59. The number of hydrogen-bond acceptors (Lipinski definition) is 3. The fourth-order valence-electron chi connectivity index (χ4n) is 1.76. The topological polar surface area (TPSA) is 66.6 Å². The molecule has 6 heteroatoms. The predicted molar refractivity (Wildman–Crippen MR) is 49.3 cm³/mol. The molecule has 0 bridgehead atoms. The van der Waals surface area contributed by atoms with Crippen molar-refractivity contribution >= 4 is 10.2 Å². The average molecular weight is 205 g/mol. The molecule has 76 valence electrons. The number of piperazine rings is 1. The fourth-order valence-corrected chi connectivity index (χ4v) is 2.44. The highest BCUT2D eigenvalue weighted by molar-refractivity contribution is 7.86. The maximum Gasteiger partial charge on any atom is 0.276 e. The van der Waals surface area contributed by atoms with E-state index >= 15 is 0 Å². The molecule has 1 heterocycles. The van der Waals surface area contributed by atoms with Crippen LogP contribution >= 0.6 is 0 Å². The highest BCUT2D eigenvalue weighted by atomic mass is 32.2. The molecule has 2 rings (SSSR count). The van der Waals surface area contributed by atoms with Crippen molar-refractivity contribution in [2.75, 3.05) is 26.2 Å². The molecule has 1 aliphatic carbocycles. The lowest BCUT2D eigenvalue weighted by Gasteiger charge is -2.32. The van der Waals surface area contributed by atoms with Crippen molar-refractivity contribution in [3.63, 3.8) is 0 Å². The molecule has 0 atom stereocenters. The van der Waals surface area contributed by atoms with E-state index in [1.165, 1.54) is 17.1 Å². The lowest BCUT2D eigenvalue weighted by atomic mass is 10.3. The molecule has 13 heavy (non-hydrogen) atoms. The van der Waals surface area contributed by atoms with Crippen LogP contribution in [-0.4, -0.2) is 49.8 Å². The van der Waals surface area contributed by atoms with Gasteiger partial charge in [0.05, 0.1) is 0 Å². The molecular formula is C7H15N3O2S. The lowest BCUT2D eigenvalue weighted by Crippen LogP contribution is -2.51. The van der Waals surface area contributed by atoms with E-state index in [-0.39, 0.29) is 0 Å². The zero-order valence-electron chi connectivity index (χ0n) is 7.52. The van der Waals surface area contributed by atoms with Gasteiger partial charge in [-0.15, -0.1) is 0 Å². The van der Waals surface area contributed by atoms with E-state index in [1.807, 2.05) is 0 Å². The first kappa shape index (κ1) is 9.39. The van der Waals surface area contributed by atoms with Crippen LogP contribution in [0.1, 0.15) is 12.8 Å². The molecule has 2 fully saturated rings. The number of nitrogens with two attached hydrogens (primary N) is 1. The molecule has 1 saturated carbocycles. The number of rotatable bonds is 2. The molecule has 2 aliphatic rings. The van der Waals surface area contributed by atoms with Gasteiger partial charge in [-0.25, -0.2) is 5.14 Å². The Bertz CT molecular complexity index is 278. The van der Waals surface area contributed by atoms with Gasteiger partial charge < -0.3 is 0 Å². The lowest BCUT2D eigenvalue weighted by molar-refractivity contribution is 0.180. The SMILES string of the molecule is NS(=O)(=O)N1CCN(C2CC2)CC1. The van der Waals surface area contributed by atoms with Crippen LogP contribution in [0.25, 0.3) is 0 Å². The summed E-state index contributed by atoms with van der Waals surface area (Å²) in [5.41, 5.74) is 0. The van der Waals surface area contributed by atoms with Gasteiger partial charge in [0.25, 0.3) is 10.2 Å². The van der Waals surface area contributed by atoms with E-state index in [1.54, 1.807) is 0 Å². The van der Waals surface area contributed by atoms with E-state index in [0.717, 1.165) is 19.1 Å². The Morgan fingerprint density at radius 3 is 2.00 bits per heavy atom. The van der Waals surface area contributed by atoms with Crippen LogP contribution in [0.5, 0.6) is 0 Å². The third-order valence-corrected chi connectivity index (χ3v) is 3.78. The highest BCUT2D eigenvalue weighted by Crippen LogP contribution is 2.27. The summed E-state index contributed by atoms with van der Waals surface area (Å²) in [6.45, 7) is 2.77. The van der Waals surface area contributed by atoms with Gasteiger partial charge in [0.15, 0.2) is 0 Å². The molecule has 1 saturated heterocycles. The quantitative estimate of drug-likeness (QED) is 0.627. The number of hydrogen-bond donors (Lipinski definition) is 1. The Hall–Kier alpha value is -0.170. The van der Waals surface area contributed by atoms with Crippen molar-refractivity contribution in [3.05, 3.63) is 0 Å². The van der Waals surface area contributed by atoms with E-state index in [4.69, 9.17) is 5.14 Å². The zero-order valence-corrected chi connectivity index (χ0v) is 8.33. The molecule has 0 aromatic rings. The minimum Gasteiger partial charge on any atom is -0.298 e. The minimum absolute atomic E-state index is 0.551. The second-order valence-electron chi connectivity index (χ2n) is 3.71. The second-order valence-corrected chi connectivity index (χ2v) is 5.26. The molecular weight excluding hydrogens is 190 g/mol. The van der Waals surface area contributed by atoms with Gasteiger partial charge in [-0.3, -0.25) is 4.90 Å². The van der Waals surface area contributed by atoms with E-state index in [2.05, 4.69) is 4.90 Å². The summed E-state index contributed by atoms with van der Waals surface area (Å²) in [6.07, 6.45) is 2.55. The normalized spacial score (nSPS) is 27.8. The zero-order chi connectivity index (χ0) is 9.47. The molecule has 5 nitrogen and oxygen atoms in total. The molecule has 0 spiro atoms. The first-order chi connectivity index (χ1) is 6.07. The Kier molecular flexibility index (Phi) is 2.31. The highest BCUT2D eigenvalue weighted by Gasteiger charge is 2.33. The van der Waals surface area contributed by atoms with Crippen LogP contribution in [0.15, 0.2) is 0 Å². The van der Waals surface area contributed by atoms with Crippen LogP contribution in [0, 0.1) is 0 Å². The van der Waals surface area contributed by atoms with Crippen LogP contribution in [-0.2, 0) is 10.2 Å². The summed E-state index contributed by atoms with van der Waals surface area (Å²) in [4.78, 5) is 2.35. The maximum atomic E-state index is 11.0. The summed E-state index contributed by atoms with van der Waals surface area (Å²) < 4.78 is 23.3. The van der Waals surface area contributed by atoms with Gasteiger partial charge in [0.1, 0.15) is 0 Å². The summed E-state index contributed by atoms with van der Waals surface area (Å²) in [7, 11) is -3.45. The summed E-state index contributed by atoms with van der Waals surface area (Å²) in [5, 5.41) is 5.03. The van der Waals surface area contributed by atoms with Crippen molar-refractivity contribution in [2.24, 2.45) is 5.14 Å². The Labute approximate surface area is 78.7 Å². The third-order valence-electron chi connectivity index (χ3n) is 2.70. The van der Waals surface area contributed by atoms with E-state index in [0.29, 0.717) is 13.1 Å². The molecule has 0 unspecified atom stereocenters. The number of nitrogens with zero attached hydrogens (tertiary/aromatic N) is 2. The van der Waals surface area contributed by atoms with Gasteiger partial charge >= 0.3 is 0 Å². The van der Waals surface area contributed by atoms with Gasteiger partial charge in [-0.05, 0) is 12.8 Å². The molecule has 0 amide bonds. The summed E-state index contributed by atoms with van der Waals surface area (Å²) >= 11 is 0. The Morgan fingerprint density at radius 2 is 1.62 bits per heavy atom. The Balaban J connectivity index is 1.88. The van der Waals surface area contributed by atoms with Gasteiger partial charge in [0.2, 0.25) is 0 Å². The second kappa shape index (κ2) is 3.20. The smallest absolute Gasteiger partial charge is 0.276 e. The molecule has 0 aromatic heterocycles. The van der Waals surface area contributed by atoms with Crippen LogP contribution < -0.4 is 5.14 Å². The predicted octanol–water partition coefficient (Wildman–Crippen LogP) is -1.03. The van der Waals surface area contributed by atoms with Crippen molar-refractivity contribution in [3.8, 4) is 0 Å². The van der Waals surface area contributed by atoms with Gasteiger partial charge in [-0.2, -0.15) is 12.7 Å². The minimum atomic E-state index is -3.45. The van der Waals surface area contributed by atoms with Gasteiger partial charge in [0, 0.05) is 32.2 Å². The third kappa shape index (κ3) is 2.19. The first-order valence-corrected chi connectivity index (χ1v) is 6.09. The van der Waals surface area contributed by atoms with Gasteiger partial charge in [-0.1, -0.05) is 0 Å². The maximum absolute atomic E-state index is 11.0. The van der Waals surface area contributed by atoms with Crippen LogP contribution in [0.3, 0.4) is 0 Å². The largest absolute Gasteiger partial charge is 0.298 e. The average Bonchev–Trinajstić information content (AvgIpc) is 2.85. The van der Waals surface area contributed by atoms with Crippen molar-refractivity contribution < 1.29 is 8.42 Å². The van der Waals surface area contributed by atoms with Crippen LogP contribution in [0.4, 0.5) is 0 Å². The van der Waals surface area contributed by atoms with Crippen molar-refractivity contribution in [2.45, 2.75) is 18.9 Å². The summed E-state index contributed by atoms with van der Waals surface area (Å²) in [6, 6.07) is 0.725. The van der Waals surface area contributed by atoms with Crippen molar-refractivity contribution in [1.29, 1.82) is 0 Å². The van der Waals surface area contributed by atoms with E-state index in [9.17, 15) is 8.42 Å². The standard InChI is InChI=1S/C7H15N3O2S/c8-13(11,12)10-5-3-9(4-6-10)7-1-2-7/h7H,1-6H2,(H2,8,11,12). The van der Waals surface area contributed by atoms with Crippen molar-refractivity contribution in [1.82, 2.24) is 9.21 Å². The van der Waals surface area contributed by atoms with Crippen LogP contribution in [0.2, 0.25) is 0 Å².